The maximum absolute atomic E-state index is 5.40. The Balaban J connectivity index is 1.92. The first kappa shape index (κ1) is 15.1. The number of H-pyrrole nitrogens is 1. The molecule has 120 valence electrons. The van der Waals surface area contributed by atoms with Gasteiger partial charge in [-0.05, 0) is 53.3 Å². The molecule has 0 spiro atoms. The zero-order valence-electron chi connectivity index (χ0n) is 13.1. The van der Waals surface area contributed by atoms with Gasteiger partial charge in [-0.2, -0.15) is 0 Å². The fraction of sp³-hybridized carbons (Fsp3) is 0.118. The van der Waals surface area contributed by atoms with E-state index in [2.05, 4.69) is 56.6 Å². The molecule has 1 aromatic carbocycles. The molecule has 0 unspecified atom stereocenters. The van der Waals surface area contributed by atoms with Crippen LogP contribution in [0, 0.1) is 10.5 Å². The van der Waals surface area contributed by atoms with Crippen LogP contribution in [0.15, 0.2) is 43.1 Å². The van der Waals surface area contributed by atoms with Crippen molar-refractivity contribution in [2.24, 2.45) is 0 Å². The smallest absolute Gasteiger partial charge is 0.225 e. The van der Waals surface area contributed by atoms with Gasteiger partial charge in [0.1, 0.15) is 5.82 Å². The second kappa shape index (κ2) is 5.90. The molecule has 7 heteroatoms. The summed E-state index contributed by atoms with van der Waals surface area (Å²) in [4.78, 5) is 16.6. The van der Waals surface area contributed by atoms with Crippen LogP contribution in [0.2, 0.25) is 0 Å². The second-order valence-electron chi connectivity index (χ2n) is 5.39. The summed E-state index contributed by atoms with van der Waals surface area (Å²) >= 11 is 2.27. The van der Waals surface area contributed by atoms with Crippen molar-refractivity contribution in [3.05, 3.63) is 52.3 Å². The van der Waals surface area contributed by atoms with Crippen LogP contribution in [-0.4, -0.2) is 31.6 Å². The highest BCUT2D eigenvalue weighted by Gasteiger charge is 2.16. The Morgan fingerprint density at radius 3 is 2.88 bits per heavy atom. The quantitative estimate of drug-likeness (QED) is 0.502. The van der Waals surface area contributed by atoms with Crippen LogP contribution in [-0.2, 0) is 0 Å². The number of aromatic nitrogens is 5. The van der Waals surface area contributed by atoms with Crippen molar-refractivity contribution in [3.8, 4) is 23.0 Å². The number of pyridine rings is 1. The van der Waals surface area contributed by atoms with Crippen LogP contribution in [0.1, 0.15) is 5.56 Å². The highest BCUT2D eigenvalue weighted by Crippen LogP contribution is 2.33. The first-order chi connectivity index (χ1) is 11.7. The summed E-state index contributed by atoms with van der Waals surface area (Å²) in [6.07, 6.45) is 7.20. The van der Waals surface area contributed by atoms with Crippen LogP contribution >= 0.6 is 22.6 Å². The van der Waals surface area contributed by atoms with E-state index in [1.807, 2.05) is 16.8 Å². The fourth-order valence-corrected chi connectivity index (χ4v) is 3.39. The van der Waals surface area contributed by atoms with Crippen molar-refractivity contribution in [3.63, 3.8) is 0 Å². The number of aromatic amines is 1. The number of ether oxygens (including phenoxy) is 1. The topological polar surface area (TPSA) is 68.6 Å². The molecular weight excluding hydrogens is 417 g/mol. The third kappa shape index (κ3) is 2.44. The number of fused-ring (bicyclic) bond motifs is 1. The van der Waals surface area contributed by atoms with Gasteiger partial charge < -0.3 is 14.3 Å². The van der Waals surface area contributed by atoms with E-state index in [1.54, 1.807) is 25.8 Å². The lowest BCUT2D eigenvalue weighted by molar-refractivity contribution is 0.399. The second-order valence-corrected chi connectivity index (χ2v) is 6.55. The van der Waals surface area contributed by atoms with E-state index < -0.39 is 0 Å². The Bertz CT molecular complexity index is 1020. The van der Waals surface area contributed by atoms with Crippen molar-refractivity contribution in [2.45, 2.75) is 6.92 Å². The molecule has 0 aliphatic heterocycles. The van der Waals surface area contributed by atoms with E-state index in [0.717, 1.165) is 37.2 Å². The molecule has 0 aliphatic rings. The summed E-state index contributed by atoms with van der Waals surface area (Å²) in [7, 11) is 1.62. The first-order valence-corrected chi connectivity index (χ1v) is 8.43. The van der Waals surface area contributed by atoms with Gasteiger partial charge in [0, 0.05) is 27.8 Å². The van der Waals surface area contributed by atoms with E-state index in [4.69, 9.17) is 9.72 Å². The van der Waals surface area contributed by atoms with E-state index in [9.17, 15) is 0 Å². The Morgan fingerprint density at radius 1 is 1.25 bits per heavy atom. The monoisotopic (exact) mass is 431 g/mol. The van der Waals surface area contributed by atoms with Gasteiger partial charge in [-0.15, -0.1) is 0 Å². The van der Waals surface area contributed by atoms with Crippen molar-refractivity contribution >= 4 is 33.6 Å². The minimum absolute atomic E-state index is 0.563. The molecule has 0 saturated carbocycles. The average molecular weight is 431 g/mol. The molecule has 4 rings (SSSR count). The number of nitrogens with one attached hydrogen (secondary N) is 1. The summed E-state index contributed by atoms with van der Waals surface area (Å²) in [5.41, 5.74) is 4.92. The number of halogens is 1. The van der Waals surface area contributed by atoms with Gasteiger partial charge in [-0.3, -0.25) is 0 Å². The lowest BCUT2D eigenvalue weighted by Crippen LogP contribution is -1.95. The highest BCUT2D eigenvalue weighted by atomic mass is 127. The Labute approximate surface area is 152 Å². The maximum atomic E-state index is 5.40. The third-order valence-electron chi connectivity index (χ3n) is 3.86. The summed E-state index contributed by atoms with van der Waals surface area (Å²) in [5, 5.41) is 0. The van der Waals surface area contributed by atoms with Crippen molar-refractivity contribution in [1.29, 1.82) is 0 Å². The molecule has 6 nitrogen and oxygen atoms in total. The van der Waals surface area contributed by atoms with Gasteiger partial charge in [0.25, 0.3) is 0 Å². The zero-order chi connectivity index (χ0) is 16.7. The predicted molar refractivity (Wildman–Crippen MR) is 100 cm³/mol. The number of hydrogen-bond acceptors (Lipinski definition) is 4. The summed E-state index contributed by atoms with van der Waals surface area (Å²) in [5.74, 6) is 1.32. The normalized spacial score (nSPS) is 11.1. The zero-order valence-corrected chi connectivity index (χ0v) is 15.3. The van der Waals surface area contributed by atoms with Gasteiger partial charge in [0.2, 0.25) is 5.88 Å². The lowest BCUT2D eigenvalue weighted by Gasteiger charge is -2.06. The number of nitrogens with zero attached hydrogens (tertiary/aromatic N) is 4. The largest absolute Gasteiger partial charge is 0.480 e. The van der Waals surface area contributed by atoms with Gasteiger partial charge >= 0.3 is 0 Å². The number of rotatable bonds is 3. The number of benzene rings is 1. The van der Waals surface area contributed by atoms with Gasteiger partial charge in [0.15, 0.2) is 0 Å². The van der Waals surface area contributed by atoms with E-state index in [0.29, 0.717) is 5.88 Å². The Hall–Kier alpha value is -2.42. The molecule has 4 aromatic rings. The molecule has 0 amide bonds. The molecule has 1 N–H and O–H groups in total. The summed E-state index contributed by atoms with van der Waals surface area (Å²) in [6.45, 7) is 2.05. The number of imidazole rings is 2. The van der Waals surface area contributed by atoms with Crippen molar-refractivity contribution in [1.82, 2.24) is 24.5 Å². The number of methoxy groups -OCH3 is 1. The van der Waals surface area contributed by atoms with Crippen LogP contribution in [0.3, 0.4) is 0 Å². The molecule has 0 aliphatic carbocycles. The molecule has 0 radical (unpaired) electrons. The average Bonchev–Trinajstić information content (AvgIpc) is 3.23. The third-order valence-corrected chi connectivity index (χ3v) is 4.76. The van der Waals surface area contributed by atoms with Gasteiger partial charge in [0.05, 0.1) is 30.0 Å². The maximum Gasteiger partial charge on any atom is 0.225 e. The van der Waals surface area contributed by atoms with Crippen LogP contribution in [0.4, 0.5) is 0 Å². The number of hydrogen-bond donors (Lipinski definition) is 1. The standard InChI is InChI=1S/C17H14IN5O/c1-10-7-11(23-6-5-19-9-23)8-13-15(10)22-16(21-13)14-12(18)3-4-20-17(14)24-2/h3-9H,1-2H3,(H,21,22). The highest BCUT2D eigenvalue weighted by molar-refractivity contribution is 14.1. The van der Waals surface area contributed by atoms with E-state index >= 15 is 0 Å². The Kier molecular flexibility index (Phi) is 3.72. The molecule has 3 aromatic heterocycles. The van der Waals surface area contributed by atoms with E-state index in [1.165, 1.54) is 0 Å². The lowest BCUT2D eigenvalue weighted by atomic mass is 10.2. The SMILES string of the molecule is COc1nccc(I)c1-c1nc2c(C)cc(-n3ccnc3)cc2[nH]1. The molecule has 24 heavy (non-hydrogen) atoms. The van der Waals surface area contributed by atoms with E-state index in [-0.39, 0.29) is 0 Å². The molecule has 0 fully saturated rings. The minimum atomic E-state index is 0.563. The Morgan fingerprint density at radius 2 is 2.12 bits per heavy atom. The minimum Gasteiger partial charge on any atom is -0.480 e. The van der Waals surface area contributed by atoms with Crippen LogP contribution < -0.4 is 4.74 Å². The van der Waals surface area contributed by atoms with Crippen LogP contribution in [0.5, 0.6) is 5.88 Å². The molecule has 0 bridgehead atoms. The molecule has 0 atom stereocenters. The van der Waals surface area contributed by atoms with Crippen molar-refractivity contribution in [2.75, 3.05) is 7.11 Å². The summed E-state index contributed by atoms with van der Waals surface area (Å²) in [6, 6.07) is 6.10. The molecule has 3 heterocycles. The summed E-state index contributed by atoms with van der Waals surface area (Å²) < 4.78 is 8.41. The number of aryl methyl sites for hydroxylation is 1. The fourth-order valence-electron chi connectivity index (χ4n) is 2.74. The first-order valence-electron chi connectivity index (χ1n) is 7.35. The molecule has 0 saturated heterocycles. The van der Waals surface area contributed by atoms with Crippen LogP contribution in [0.25, 0.3) is 28.1 Å². The predicted octanol–water partition coefficient (Wildman–Crippen LogP) is 3.73. The molecular formula is C17H14IN5O. The van der Waals surface area contributed by atoms with Gasteiger partial charge in [-0.25, -0.2) is 15.0 Å². The van der Waals surface area contributed by atoms with Crippen molar-refractivity contribution < 1.29 is 4.74 Å². The van der Waals surface area contributed by atoms with Gasteiger partial charge in [-0.1, -0.05) is 0 Å².